The van der Waals surface area contributed by atoms with Crippen LogP contribution in [0.15, 0.2) is 28.8 Å². The van der Waals surface area contributed by atoms with Crippen molar-refractivity contribution in [2.75, 3.05) is 11.9 Å². The van der Waals surface area contributed by atoms with Crippen molar-refractivity contribution < 1.29 is 4.52 Å². The summed E-state index contributed by atoms with van der Waals surface area (Å²) in [7, 11) is 0. The van der Waals surface area contributed by atoms with Gasteiger partial charge in [0.1, 0.15) is 17.7 Å². The smallest absolute Gasteiger partial charge is 0.248 e. The van der Waals surface area contributed by atoms with Gasteiger partial charge in [0, 0.05) is 18.2 Å². The first-order chi connectivity index (χ1) is 12.1. The number of benzene rings is 1. The highest BCUT2D eigenvalue weighted by atomic mass is 16.5. The summed E-state index contributed by atoms with van der Waals surface area (Å²) >= 11 is 0. The van der Waals surface area contributed by atoms with Crippen molar-refractivity contribution in [1.29, 1.82) is 0 Å². The number of hydrogen-bond donors (Lipinski definition) is 2. The minimum atomic E-state index is -0.155. The van der Waals surface area contributed by atoms with Crippen molar-refractivity contribution in [3.8, 4) is 0 Å². The van der Waals surface area contributed by atoms with Crippen LogP contribution < -0.4 is 11.1 Å². The molecule has 132 valence electrons. The van der Waals surface area contributed by atoms with Crippen LogP contribution in [-0.2, 0) is 12.8 Å². The summed E-state index contributed by atoms with van der Waals surface area (Å²) in [5.74, 6) is 3.25. The summed E-state index contributed by atoms with van der Waals surface area (Å²) in [5.41, 5.74) is 6.55. The Kier molecular flexibility index (Phi) is 5.23. The van der Waals surface area contributed by atoms with Crippen LogP contribution in [0.3, 0.4) is 0 Å². The Labute approximate surface area is 147 Å². The summed E-state index contributed by atoms with van der Waals surface area (Å²) in [6, 6.07) is 7.75. The molecule has 25 heavy (non-hydrogen) atoms. The molecule has 0 unspecified atom stereocenters. The van der Waals surface area contributed by atoms with Crippen molar-refractivity contribution in [2.24, 2.45) is 11.7 Å². The second-order valence-electron chi connectivity index (χ2n) is 6.56. The Morgan fingerprint density at radius 1 is 1.08 bits per heavy atom. The Morgan fingerprint density at radius 3 is 2.64 bits per heavy atom. The van der Waals surface area contributed by atoms with E-state index in [4.69, 9.17) is 10.3 Å². The van der Waals surface area contributed by atoms with Gasteiger partial charge in [-0.05, 0) is 31.5 Å². The number of nitrogens with one attached hydrogen (secondary N) is 1. The second-order valence-corrected chi connectivity index (χ2v) is 6.56. The van der Waals surface area contributed by atoms with Crippen LogP contribution in [0.1, 0.15) is 44.4 Å². The van der Waals surface area contributed by atoms with Crippen molar-refractivity contribution >= 4 is 16.7 Å². The third-order valence-electron chi connectivity index (χ3n) is 3.82. The van der Waals surface area contributed by atoms with Crippen LogP contribution in [-0.4, -0.2) is 26.7 Å². The van der Waals surface area contributed by atoms with Gasteiger partial charge in [0.25, 0.3) is 0 Å². The molecule has 3 N–H and O–H groups in total. The molecule has 2 heterocycles. The van der Waals surface area contributed by atoms with Crippen molar-refractivity contribution in [1.82, 2.24) is 20.1 Å². The van der Waals surface area contributed by atoms with Gasteiger partial charge in [-0.1, -0.05) is 31.1 Å². The average molecular weight is 340 g/mol. The minimum Gasteiger partial charge on any atom is -0.358 e. The van der Waals surface area contributed by atoms with Crippen molar-refractivity contribution in [3.63, 3.8) is 0 Å². The fraction of sp³-hybridized carbons (Fsp3) is 0.444. The fourth-order valence-electron chi connectivity index (χ4n) is 2.63. The molecule has 0 fully saturated rings. The lowest BCUT2D eigenvalue weighted by Gasteiger charge is -2.13. The van der Waals surface area contributed by atoms with E-state index in [0.29, 0.717) is 24.8 Å². The molecular weight excluding hydrogens is 316 g/mol. The molecule has 0 aliphatic rings. The molecule has 7 heteroatoms. The van der Waals surface area contributed by atoms with E-state index in [2.05, 4.69) is 39.3 Å². The zero-order chi connectivity index (χ0) is 17.8. The number of anilines is 1. The first kappa shape index (κ1) is 17.3. The number of rotatable bonds is 7. The molecule has 0 radical (unpaired) electrons. The van der Waals surface area contributed by atoms with Gasteiger partial charge >= 0.3 is 0 Å². The quantitative estimate of drug-likeness (QED) is 0.681. The Morgan fingerprint density at radius 2 is 1.88 bits per heavy atom. The average Bonchev–Trinajstić information content (AvgIpc) is 3.03. The predicted molar refractivity (Wildman–Crippen MR) is 97.2 cm³/mol. The van der Waals surface area contributed by atoms with Gasteiger partial charge < -0.3 is 15.6 Å². The molecule has 3 aromatic rings. The van der Waals surface area contributed by atoms with E-state index >= 15 is 0 Å². The molecule has 0 saturated heterocycles. The maximum atomic E-state index is 5.66. The van der Waals surface area contributed by atoms with E-state index in [1.807, 2.05) is 31.2 Å². The van der Waals surface area contributed by atoms with E-state index in [1.165, 1.54) is 0 Å². The van der Waals surface area contributed by atoms with E-state index in [1.54, 1.807) is 0 Å². The summed E-state index contributed by atoms with van der Waals surface area (Å²) in [5, 5.41) is 8.39. The van der Waals surface area contributed by atoms with Gasteiger partial charge in [-0.2, -0.15) is 4.98 Å². The standard InChI is InChI=1S/C18H24N6O/c1-11(2)10-16-23-18(25-24-16)12(3)20-17-13-6-4-5-7-14(13)21-15(22-17)8-9-19/h4-7,11-12H,8-10,19H2,1-3H3,(H,20,21,22)/t12-/m1/s1. The zero-order valence-corrected chi connectivity index (χ0v) is 14.9. The fourth-order valence-corrected chi connectivity index (χ4v) is 2.63. The van der Waals surface area contributed by atoms with Gasteiger partial charge in [0.05, 0.1) is 5.52 Å². The summed E-state index contributed by atoms with van der Waals surface area (Å²) in [4.78, 5) is 13.7. The first-order valence-electron chi connectivity index (χ1n) is 8.61. The van der Waals surface area contributed by atoms with Crippen molar-refractivity contribution in [2.45, 2.75) is 39.7 Å². The molecule has 3 rings (SSSR count). The Bertz CT molecular complexity index is 844. The lowest BCUT2D eigenvalue weighted by molar-refractivity contribution is 0.361. The number of fused-ring (bicyclic) bond motifs is 1. The number of para-hydroxylation sites is 1. The third kappa shape index (κ3) is 4.11. The molecule has 0 bridgehead atoms. The highest BCUT2D eigenvalue weighted by Gasteiger charge is 2.17. The highest BCUT2D eigenvalue weighted by molar-refractivity contribution is 5.89. The largest absolute Gasteiger partial charge is 0.358 e. The van der Waals surface area contributed by atoms with Crippen LogP contribution in [0.5, 0.6) is 0 Å². The van der Waals surface area contributed by atoms with Gasteiger partial charge in [0.2, 0.25) is 5.89 Å². The van der Waals surface area contributed by atoms with E-state index in [0.717, 1.165) is 34.8 Å². The molecule has 0 amide bonds. The van der Waals surface area contributed by atoms with Crippen LogP contribution in [0, 0.1) is 5.92 Å². The van der Waals surface area contributed by atoms with Gasteiger partial charge in [-0.3, -0.25) is 0 Å². The lowest BCUT2D eigenvalue weighted by atomic mass is 10.1. The molecule has 0 aliphatic carbocycles. The van der Waals surface area contributed by atoms with Gasteiger partial charge in [-0.25, -0.2) is 9.97 Å². The monoisotopic (exact) mass is 340 g/mol. The summed E-state index contributed by atoms with van der Waals surface area (Å²) < 4.78 is 5.40. The van der Waals surface area contributed by atoms with E-state index in [9.17, 15) is 0 Å². The SMILES string of the molecule is CC(C)Cc1noc([C@@H](C)Nc2nc(CCN)nc3ccccc23)n1. The predicted octanol–water partition coefficient (Wildman–Crippen LogP) is 2.89. The van der Waals surface area contributed by atoms with Crippen LogP contribution in [0.2, 0.25) is 0 Å². The molecule has 2 aromatic heterocycles. The molecule has 7 nitrogen and oxygen atoms in total. The minimum absolute atomic E-state index is 0.155. The molecule has 1 aromatic carbocycles. The molecule has 0 spiro atoms. The maximum absolute atomic E-state index is 5.66. The molecule has 0 saturated carbocycles. The number of hydrogen-bond acceptors (Lipinski definition) is 7. The van der Waals surface area contributed by atoms with Crippen LogP contribution >= 0.6 is 0 Å². The lowest BCUT2D eigenvalue weighted by Crippen LogP contribution is -2.12. The van der Waals surface area contributed by atoms with Gasteiger partial charge in [0.15, 0.2) is 5.82 Å². The Hall–Kier alpha value is -2.54. The van der Waals surface area contributed by atoms with E-state index in [-0.39, 0.29) is 6.04 Å². The van der Waals surface area contributed by atoms with Crippen LogP contribution in [0.4, 0.5) is 5.82 Å². The first-order valence-corrected chi connectivity index (χ1v) is 8.61. The summed E-state index contributed by atoms with van der Waals surface area (Å²) in [6.45, 7) is 6.75. The second kappa shape index (κ2) is 7.57. The number of aromatic nitrogens is 4. The highest BCUT2D eigenvalue weighted by Crippen LogP contribution is 2.24. The topological polar surface area (TPSA) is 103 Å². The Balaban J connectivity index is 1.87. The summed E-state index contributed by atoms with van der Waals surface area (Å²) in [6.07, 6.45) is 1.43. The number of nitrogens with zero attached hydrogens (tertiary/aromatic N) is 4. The van der Waals surface area contributed by atoms with Crippen molar-refractivity contribution in [3.05, 3.63) is 41.8 Å². The van der Waals surface area contributed by atoms with E-state index < -0.39 is 0 Å². The number of nitrogens with two attached hydrogens (primary N) is 1. The molecule has 0 aliphatic heterocycles. The molecule has 1 atom stereocenters. The van der Waals surface area contributed by atoms with Gasteiger partial charge in [-0.15, -0.1) is 0 Å². The normalized spacial score (nSPS) is 12.7. The third-order valence-corrected chi connectivity index (χ3v) is 3.82. The molecular formula is C18H24N6O. The van der Waals surface area contributed by atoms with Crippen LogP contribution in [0.25, 0.3) is 10.9 Å². The maximum Gasteiger partial charge on any atom is 0.248 e. The zero-order valence-electron chi connectivity index (χ0n) is 14.9.